The molecule has 0 saturated heterocycles. The van der Waals surface area contributed by atoms with Crippen molar-refractivity contribution >= 4 is 51.9 Å². The number of non-ortho nitro benzene ring substituents is 1. The normalized spacial score (nSPS) is 10.2. The van der Waals surface area contributed by atoms with Gasteiger partial charge >= 0.3 is 0 Å². The first-order valence-corrected chi connectivity index (χ1v) is 7.41. The maximum absolute atomic E-state index is 12.5. The number of hydrogen-bond donors (Lipinski definition) is 2. The van der Waals surface area contributed by atoms with Gasteiger partial charge in [-0.1, -0.05) is 23.2 Å². The van der Waals surface area contributed by atoms with E-state index < -0.39 is 27.1 Å². The molecule has 0 bridgehead atoms. The van der Waals surface area contributed by atoms with E-state index in [0.717, 1.165) is 12.1 Å². The Bertz CT molecular complexity index is 888. The summed E-state index contributed by atoms with van der Waals surface area (Å²) < 4.78 is 0. The van der Waals surface area contributed by atoms with Gasteiger partial charge in [-0.15, -0.1) is 0 Å². The predicted octanol–water partition coefficient (Wildman–Crippen LogP) is 4.10. The molecule has 25 heavy (non-hydrogen) atoms. The molecule has 0 radical (unpaired) electrons. The third-order valence-electron chi connectivity index (χ3n) is 3.18. The largest absolute Gasteiger partial charge is 0.382 e. The van der Waals surface area contributed by atoms with Crippen molar-refractivity contribution in [3.63, 3.8) is 0 Å². The molecule has 0 unspecified atom stereocenters. The van der Waals surface area contributed by atoms with Crippen molar-refractivity contribution in [2.24, 2.45) is 0 Å². The molecule has 2 aromatic rings. The number of nitro groups is 2. The summed E-state index contributed by atoms with van der Waals surface area (Å²) in [6.45, 7) is 0. The summed E-state index contributed by atoms with van der Waals surface area (Å²) in [4.78, 5) is 33.0. The molecule has 9 nitrogen and oxygen atoms in total. The standard InChI is InChI=1S/C14H10Cl2N4O5/c1-17-13-9(5-8(19(22)23)6-12(13)20(24)25)14(21)18-7-2-3-10(15)11(16)4-7/h2-6,17H,1H3,(H,18,21). The molecular weight excluding hydrogens is 375 g/mol. The van der Waals surface area contributed by atoms with Crippen molar-refractivity contribution in [3.8, 4) is 0 Å². The molecule has 0 aliphatic rings. The van der Waals surface area contributed by atoms with E-state index >= 15 is 0 Å². The Morgan fingerprint density at radius 1 is 1.04 bits per heavy atom. The SMILES string of the molecule is CNc1c(C(=O)Nc2ccc(Cl)c(Cl)c2)cc([N+](=O)[O-])cc1[N+](=O)[O-]. The highest BCUT2D eigenvalue weighted by Gasteiger charge is 2.27. The lowest BCUT2D eigenvalue weighted by Gasteiger charge is -2.11. The Hall–Kier alpha value is -2.91. The van der Waals surface area contributed by atoms with Gasteiger partial charge in [-0.2, -0.15) is 0 Å². The summed E-state index contributed by atoms with van der Waals surface area (Å²) in [5.41, 5.74) is -1.29. The van der Waals surface area contributed by atoms with Gasteiger partial charge in [0.2, 0.25) is 0 Å². The average Bonchev–Trinajstić information content (AvgIpc) is 2.56. The molecule has 0 aromatic heterocycles. The minimum absolute atomic E-state index is 0.145. The number of benzene rings is 2. The quantitative estimate of drug-likeness (QED) is 0.589. The molecule has 11 heteroatoms. The second-order valence-corrected chi connectivity index (χ2v) is 5.55. The van der Waals surface area contributed by atoms with Crippen LogP contribution in [0.15, 0.2) is 30.3 Å². The highest BCUT2D eigenvalue weighted by Crippen LogP contribution is 2.34. The van der Waals surface area contributed by atoms with Crippen LogP contribution >= 0.6 is 23.2 Å². The molecular formula is C14H10Cl2N4O5. The molecule has 0 spiro atoms. The first kappa shape index (κ1) is 18.4. The van der Waals surface area contributed by atoms with Crippen molar-refractivity contribution < 1.29 is 14.6 Å². The number of carbonyl (C=O) groups is 1. The number of hydrogen-bond acceptors (Lipinski definition) is 6. The van der Waals surface area contributed by atoms with Gasteiger partial charge in [0.25, 0.3) is 17.3 Å². The minimum atomic E-state index is -0.817. The van der Waals surface area contributed by atoms with Crippen LogP contribution in [-0.4, -0.2) is 22.8 Å². The third-order valence-corrected chi connectivity index (χ3v) is 3.92. The van der Waals surface area contributed by atoms with Crippen LogP contribution in [0.1, 0.15) is 10.4 Å². The molecule has 0 saturated carbocycles. The van der Waals surface area contributed by atoms with Gasteiger partial charge in [-0.05, 0) is 18.2 Å². The van der Waals surface area contributed by atoms with E-state index in [1.165, 1.54) is 25.2 Å². The van der Waals surface area contributed by atoms with Crippen molar-refractivity contribution in [2.75, 3.05) is 17.7 Å². The van der Waals surface area contributed by atoms with E-state index in [2.05, 4.69) is 10.6 Å². The summed E-state index contributed by atoms with van der Waals surface area (Å²) in [6.07, 6.45) is 0. The summed E-state index contributed by atoms with van der Waals surface area (Å²) in [5, 5.41) is 27.6. The number of nitrogens with zero attached hydrogens (tertiary/aromatic N) is 2. The lowest BCUT2D eigenvalue weighted by atomic mass is 10.1. The monoisotopic (exact) mass is 384 g/mol. The number of nitro benzene ring substituents is 2. The highest BCUT2D eigenvalue weighted by molar-refractivity contribution is 6.42. The molecule has 0 aliphatic heterocycles. The summed E-state index contributed by atoms with van der Waals surface area (Å²) in [7, 11) is 1.37. The van der Waals surface area contributed by atoms with E-state index in [9.17, 15) is 25.0 Å². The topological polar surface area (TPSA) is 127 Å². The maximum atomic E-state index is 12.5. The van der Waals surface area contributed by atoms with Crippen LogP contribution in [0, 0.1) is 20.2 Å². The minimum Gasteiger partial charge on any atom is -0.382 e. The van der Waals surface area contributed by atoms with Crippen molar-refractivity contribution in [1.82, 2.24) is 0 Å². The number of anilines is 2. The Balaban J connectivity index is 2.51. The smallest absolute Gasteiger partial charge is 0.300 e. The first-order valence-electron chi connectivity index (χ1n) is 6.65. The molecule has 1 amide bonds. The van der Waals surface area contributed by atoms with Crippen LogP contribution in [0.3, 0.4) is 0 Å². The molecule has 0 atom stereocenters. The third kappa shape index (κ3) is 3.95. The van der Waals surface area contributed by atoms with E-state index in [4.69, 9.17) is 23.2 Å². The van der Waals surface area contributed by atoms with E-state index in [0.29, 0.717) is 0 Å². The van der Waals surface area contributed by atoms with Crippen LogP contribution < -0.4 is 10.6 Å². The van der Waals surface area contributed by atoms with Gasteiger partial charge in [-0.3, -0.25) is 25.0 Å². The van der Waals surface area contributed by atoms with Gasteiger partial charge in [0.05, 0.1) is 31.5 Å². The Morgan fingerprint density at radius 3 is 2.24 bits per heavy atom. The Kier molecular flexibility index (Phi) is 5.40. The fourth-order valence-corrected chi connectivity index (χ4v) is 2.37. The fraction of sp³-hybridized carbons (Fsp3) is 0.0714. The van der Waals surface area contributed by atoms with Gasteiger partial charge in [-0.25, -0.2) is 0 Å². The van der Waals surface area contributed by atoms with Crippen LogP contribution in [0.2, 0.25) is 10.0 Å². The zero-order chi connectivity index (χ0) is 18.7. The Labute approximate surface area is 150 Å². The van der Waals surface area contributed by atoms with E-state index in [1.807, 2.05) is 0 Å². The van der Waals surface area contributed by atoms with Crippen LogP contribution in [0.25, 0.3) is 0 Å². The van der Waals surface area contributed by atoms with Crippen LogP contribution in [0.4, 0.5) is 22.7 Å². The lowest BCUT2D eigenvalue weighted by Crippen LogP contribution is -2.15. The van der Waals surface area contributed by atoms with Crippen molar-refractivity contribution in [1.29, 1.82) is 0 Å². The highest BCUT2D eigenvalue weighted by atomic mass is 35.5. The number of halogens is 2. The number of rotatable bonds is 5. The predicted molar refractivity (Wildman–Crippen MR) is 93.7 cm³/mol. The molecule has 2 N–H and O–H groups in total. The zero-order valence-corrected chi connectivity index (χ0v) is 14.1. The molecule has 2 rings (SSSR count). The summed E-state index contributed by atoms with van der Waals surface area (Å²) in [5.74, 6) is -0.783. The van der Waals surface area contributed by atoms with Gasteiger partial charge in [0, 0.05) is 18.8 Å². The van der Waals surface area contributed by atoms with Crippen molar-refractivity contribution in [3.05, 3.63) is 66.2 Å². The zero-order valence-electron chi connectivity index (χ0n) is 12.6. The fourth-order valence-electron chi connectivity index (χ4n) is 2.08. The summed E-state index contributed by atoms with van der Waals surface area (Å²) >= 11 is 11.6. The van der Waals surface area contributed by atoms with Crippen LogP contribution in [0.5, 0.6) is 0 Å². The maximum Gasteiger partial charge on any atom is 0.300 e. The van der Waals surface area contributed by atoms with Gasteiger partial charge < -0.3 is 10.6 Å². The van der Waals surface area contributed by atoms with E-state index in [1.54, 1.807) is 0 Å². The lowest BCUT2D eigenvalue weighted by molar-refractivity contribution is -0.393. The first-order chi connectivity index (χ1) is 11.7. The molecule has 2 aromatic carbocycles. The van der Waals surface area contributed by atoms with E-state index in [-0.39, 0.29) is 27.0 Å². The second-order valence-electron chi connectivity index (χ2n) is 4.73. The molecule has 130 valence electrons. The second kappa shape index (κ2) is 7.32. The Morgan fingerprint density at radius 2 is 1.72 bits per heavy atom. The number of carbonyl (C=O) groups excluding carboxylic acids is 1. The summed E-state index contributed by atoms with van der Waals surface area (Å²) in [6, 6.07) is 6.03. The molecule has 0 aliphatic carbocycles. The van der Waals surface area contributed by atoms with Gasteiger partial charge in [0.1, 0.15) is 5.69 Å². The van der Waals surface area contributed by atoms with Gasteiger partial charge in [0.15, 0.2) is 0 Å². The van der Waals surface area contributed by atoms with Crippen molar-refractivity contribution in [2.45, 2.75) is 0 Å². The molecule has 0 fully saturated rings. The van der Waals surface area contributed by atoms with Crippen LogP contribution in [-0.2, 0) is 0 Å². The molecule has 0 heterocycles. The average molecular weight is 385 g/mol. The number of amides is 1. The number of nitrogens with one attached hydrogen (secondary N) is 2.